The van der Waals surface area contributed by atoms with E-state index in [2.05, 4.69) is 47.9 Å². The summed E-state index contributed by atoms with van der Waals surface area (Å²) >= 11 is 0. The number of aryl methyl sites for hydroxylation is 1. The van der Waals surface area contributed by atoms with Crippen molar-refractivity contribution < 1.29 is 9.53 Å². The fourth-order valence-corrected chi connectivity index (χ4v) is 4.70. The zero-order chi connectivity index (χ0) is 21.4. The van der Waals surface area contributed by atoms with Crippen molar-refractivity contribution >= 4 is 17.2 Å². The van der Waals surface area contributed by atoms with E-state index in [1.165, 1.54) is 11.1 Å². The lowest BCUT2D eigenvalue weighted by molar-refractivity contribution is -0.116. The Hall–Kier alpha value is -3.53. The summed E-state index contributed by atoms with van der Waals surface area (Å²) in [4.78, 5) is 13.6. The SMILES string of the molecule is COc1ccccc1[C@H]1Nc2ccccc2NC2=C1C(=O)C[C@@H](c1ccc(C)cc1)C2. The lowest BCUT2D eigenvalue weighted by Gasteiger charge is -2.30. The molecule has 0 bridgehead atoms. The van der Waals surface area contributed by atoms with E-state index in [9.17, 15) is 4.79 Å². The van der Waals surface area contributed by atoms with E-state index in [1.54, 1.807) is 7.11 Å². The number of carbonyl (C=O) groups is 1. The molecular weight excluding hydrogens is 384 g/mol. The molecule has 2 N–H and O–H groups in total. The Labute approximate surface area is 183 Å². The van der Waals surface area contributed by atoms with Crippen LogP contribution in [0.5, 0.6) is 5.75 Å². The summed E-state index contributed by atoms with van der Waals surface area (Å²) in [7, 11) is 1.67. The molecule has 156 valence electrons. The highest BCUT2D eigenvalue weighted by atomic mass is 16.5. The van der Waals surface area contributed by atoms with Gasteiger partial charge in [0.1, 0.15) is 5.75 Å². The maximum atomic E-state index is 13.6. The van der Waals surface area contributed by atoms with Crippen molar-refractivity contribution in [2.24, 2.45) is 0 Å². The first-order chi connectivity index (χ1) is 15.1. The maximum Gasteiger partial charge on any atom is 0.163 e. The highest BCUT2D eigenvalue weighted by Gasteiger charge is 2.36. The number of hydrogen-bond acceptors (Lipinski definition) is 4. The van der Waals surface area contributed by atoms with E-state index in [1.807, 2.05) is 42.5 Å². The van der Waals surface area contributed by atoms with Crippen LogP contribution in [0.2, 0.25) is 0 Å². The van der Waals surface area contributed by atoms with Gasteiger partial charge in [-0.05, 0) is 43.0 Å². The lowest BCUT2D eigenvalue weighted by atomic mass is 9.78. The molecule has 0 spiro atoms. The van der Waals surface area contributed by atoms with Gasteiger partial charge in [-0.3, -0.25) is 4.79 Å². The summed E-state index contributed by atoms with van der Waals surface area (Å²) in [5.41, 5.74) is 7.19. The number of methoxy groups -OCH3 is 1. The van der Waals surface area contributed by atoms with Gasteiger partial charge in [-0.1, -0.05) is 60.2 Å². The number of carbonyl (C=O) groups excluding carboxylic acids is 1. The van der Waals surface area contributed by atoms with Crippen molar-refractivity contribution in [3.05, 3.63) is 101 Å². The molecule has 0 saturated heterocycles. The smallest absolute Gasteiger partial charge is 0.163 e. The Morgan fingerprint density at radius 3 is 2.35 bits per heavy atom. The number of hydrogen-bond donors (Lipinski definition) is 2. The number of anilines is 2. The van der Waals surface area contributed by atoms with E-state index in [4.69, 9.17) is 4.74 Å². The predicted octanol–water partition coefficient (Wildman–Crippen LogP) is 5.98. The molecule has 0 aromatic heterocycles. The molecule has 2 aliphatic rings. The third-order valence-electron chi connectivity index (χ3n) is 6.31. The standard InChI is InChI=1S/C27H26N2O2/c1-17-11-13-18(14-12-17)19-15-23-26(24(30)16-19)27(20-7-3-6-10-25(20)31-2)29-22-9-5-4-8-21(22)28-23/h3-14,19,27-29H,15-16H2,1-2H3/t19-,27+/m0/s1. The van der Waals surface area contributed by atoms with Gasteiger partial charge in [-0.25, -0.2) is 0 Å². The number of allylic oxidation sites excluding steroid dienone is 1. The van der Waals surface area contributed by atoms with Crippen LogP contribution in [0.15, 0.2) is 84.1 Å². The molecular formula is C27H26N2O2. The molecule has 2 atom stereocenters. The maximum absolute atomic E-state index is 13.6. The molecule has 4 heteroatoms. The molecule has 31 heavy (non-hydrogen) atoms. The summed E-state index contributed by atoms with van der Waals surface area (Å²) in [5, 5.41) is 7.22. The first-order valence-electron chi connectivity index (χ1n) is 10.7. The molecule has 5 rings (SSSR count). The fraction of sp³-hybridized carbons (Fsp3) is 0.222. The third kappa shape index (κ3) is 3.59. The van der Waals surface area contributed by atoms with Crippen molar-refractivity contribution in [2.75, 3.05) is 17.7 Å². The van der Waals surface area contributed by atoms with E-state index in [0.717, 1.165) is 40.4 Å². The number of para-hydroxylation sites is 3. The average molecular weight is 411 g/mol. The Balaban J connectivity index is 1.62. The first kappa shape index (κ1) is 19.4. The molecule has 0 amide bonds. The highest BCUT2D eigenvalue weighted by molar-refractivity contribution is 6.01. The van der Waals surface area contributed by atoms with Crippen molar-refractivity contribution in [1.29, 1.82) is 0 Å². The molecule has 0 unspecified atom stereocenters. The number of ether oxygens (including phenoxy) is 1. The van der Waals surface area contributed by atoms with Crippen molar-refractivity contribution in [3.8, 4) is 5.75 Å². The molecule has 0 fully saturated rings. The van der Waals surface area contributed by atoms with Crippen LogP contribution in [-0.4, -0.2) is 12.9 Å². The van der Waals surface area contributed by atoms with E-state index in [0.29, 0.717) is 6.42 Å². The summed E-state index contributed by atoms with van der Waals surface area (Å²) < 4.78 is 5.65. The topological polar surface area (TPSA) is 50.4 Å². The van der Waals surface area contributed by atoms with Gasteiger partial charge in [0.25, 0.3) is 0 Å². The van der Waals surface area contributed by atoms with Crippen LogP contribution in [-0.2, 0) is 4.79 Å². The average Bonchev–Trinajstić information content (AvgIpc) is 2.96. The minimum atomic E-state index is -0.270. The van der Waals surface area contributed by atoms with Crippen molar-refractivity contribution in [3.63, 3.8) is 0 Å². The van der Waals surface area contributed by atoms with Gasteiger partial charge >= 0.3 is 0 Å². The molecule has 4 nitrogen and oxygen atoms in total. The van der Waals surface area contributed by atoms with Gasteiger partial charge in [-0.2, -0.15) is 0 Å². The van der Waals surface area contributed by atoms with Crippen LogP contribution >= 0.6 is 0 Å². The van der Waals surface area contributed by atoms with Crippen LogP contribution in [0.1, 0.15) is 41.5 Å². The Bertz CT molecular complexity index is 1160. The number of Topliss-reactive ketones (excluding diaryl/α,β-unsaturated/α-hetero) is 1. The Morgan fingerprint density at radius 2 is 1.58 bits per heavy atom. The number of nitrogens with one attached hydrogen (secondary N) is 2. The normalized spacial score (nSPS) is 20.1. The molecule has 0 radical (unpaired) electrons. The number of fused-ring (bicyclic) bond motifs is 1. The van der Waals surface area contributed by atoms with Crippen LogP contribution in [0, 0.1) is 6.92 Å². The van der Waals surface area contributed by atoms with Crippen molar-refractivity contribution in [1.82, 2.24) is 0 Å². The van der Waals surface area contributed by atoms with Gasteiger partial charge in [0.2, 0.25) is 0 Å². The molecule has 0 saturated carbocycles. The minimum Gasteiger partial charge on any atom is -0.496 e. The molecule has 1 aliphatic heterocycles. The van der Waals surface area contributed by atoms with Gasteiger partial charge in [0, 0.05) is 23.3 Å². The summed E-state index contributed by atoms with van der Waals surface area (Å²) in [5.74, 6) is 1.12. The quantitative estimate of drug-likeness (QED) is 0.557. The van der Waals surface area contributed by atoms with Crippen LogP contribution in [0.25, 0.3) is 0 Å². The van der Waals surface area contributed by atoms with E-state index >= 15 is 0 Å². The van der Waals surface area contributed by atoms with Crippen molar-refractivity contribution in [2.45, 2.75) is 31.7 Å². The number of rotatable bonds is 3. The zero-order valence-corrected chi connectivity index (χ0v) is 17.8. The van der Waals surface area contributed by atoms with Gasteiger partial charge < -0.3 is 15.4 Å². The number of ketones is 1. The Kier molecular flexibility index (Phi) is 4.99. The minimum absolute atomic E-state index is 0.169. The second-order valence-corrected chi connectivity index (χ2v) is 8.32. The third-order valence-corrected chi connectivity index (χ3v) is 6.31. The van der Waals surface area contributed by atoms with Crippen LogP contribution in [0.3, 0.4) is 0 Å². The highest BCUT2D eigenvalue weighted by Crippen LogP contribution is 2.45. The molecule has 1 heterocycles. The monoisotopic (exact) mass is 410 g/mol. The second-order valence-electron chi connectivity index (χ2n) is 8.32. The van der Waals surface area contributed by atoms with Crippen LogP contribution < -0.4 is 15.4 Å². The van der Waals surface area contributed by atoms with E-state index < -0.39 is 0 Å². The Morgan fingerprint density at radius 1 is 0.871 bits per heavy atom. The molecule has 1 aliphatic carbocycles. The second kappa shape index (κ2) is 7.95. The predicted molar refractivity (Wildman–Crippen MR) is 125 cm³/mol. The lowest BCUT2D eigenvalue weighted by Crippen LogP contribution is -2.27. The fourth-order valence-electron chi connectivity index (χ4n) is 4.70. The van der Waals surface area contributed by atoms with Gasteiger partial charge in [-0.15, -0.1) is 0 Å². The number of benzene rings is 3. The summed E-state index contributed by atoms with van der Waals surface area (Å²) in [6.45, 7) is 2.09. The van der Waals surface area contributed by atoms with E-state index in [-0.39, 0.29) is 17.7 Å². The largest absolute Gasteiger partial charge is 0.496 e. The van der Waals surface area contributed by atoms with Crippen LogP contribution in [0.4, 0.5) is 11.4 Å². The molecule has 3 aromatic rings. The zero-order valence-electron chi connectivity index (χ0n) is 17.8. The summed E-state index contributed by atoms with van der Waals surface area (Å²) in [6.07, 6.45) is 1.30. The van der Waals surface area contributed by atoms with Gasteiger partial charge in [0.05, 0.1) is 24.5 Å². The first-order valence-corrected chi connectivity index (χ1v) is 10.7. The summed E-state index contributed by atoms with van der Waals surface area (Å²) in [6, 6.07) is 24.3. The molecule has 3 aromatic carbocycles. The van der Waals surface area contributed by atoms with Gasteiger partial charge in [0.15, 0.2) is 5.78 Å².